The molecule has 2 aromatic carbocycles. The van der Waals surface area contributed by atoms with Gasteiger partial charge in [0.25, 0.3) is 0 Å². The van der Waals surface area contributed by atoms with Gasteiger partial charge in [0.2, 0.25) is 0 Å². The Labute approximate surface area is 174 Å². The van der Waals surface area contributed by atoms with Crippen LogP contribution in [-0.2, 0) is 0 Å². The van der Waals surface area contributed by atoms with E-state index >= 15 is 0 Å². The number of aromatic nitrogens is 2. The van der Waals surface area contributed by atoms with E-state index in [-0.39, 0.29) is 5.82 Å². The fourth-order valence-electron chi connectivity index (χ4n) is 3.17. The van der Waals surface area contributed by atoms with E-state index < -0.39 is 0 Å². The van der Waals surface area contributed by atoms with Crippen LogP contribution in [0.4, 0.5) is 15.9 Å². The van der Waals surface area contributed by atoms with Crippen molar-refractivity contribution in [3.8, 4) is 11.1 Å². The van der Waals surface area contributed by atoms with E-state index in [2.05, 4.69) is 69.9 Å². The highest BCUT2D eigenvalue weighted by molar-refractivity contribution is 14.1. The minimum absolute atomic E-state index is 0.240. The van der Waals surface area contributed by atoms with Gasteiger partial charge < -0.3 is 5.32 Å². The maximum atomic E-state index is 13.4. The van der Waals surface area contributed by atoms with E-state index in [4.69, 9.17) is 0 Å². The molecular weight excluding hydrogens is 472 g/mol. The van der Waals surface area contributed by atoms with Gasteiger partial charge >= 0.3 is 0 Å². The molecule has 2 heterocycles. The third-order valence-corrected chi connectivity index (χ3v) is 6.08. The van der Waals surface area contributed by atoms with E-state index in [9.17, 15) is 4.39 Å². The van der Waals surface area contributed by atoms with Crippen LogP contribution in [0, 0.1) is 30.2 Å². The topological polar surface area (TPSA) is 37.8 Å². The zero-order valence-electron chi connectivity index (χ0n) is 15.1. The molecule has 4 rings (SSSR count). The Morgan fingerprint density at radius 3 is 2.44 bits per heavy atom. The van der Waals surface area contributed by atoms with Crippen molar-refractivity contribution in [2.24, 2.45) is 0 Å². The fraction of sp³-hybridized carbons (Fsp3) is 0.143. The van der Waals surface area contributed by atoms with E-state index in [1.54, 1.807) is 11.3 Å². The monoisotopic (exact) mass is 489 g/mol. The number of halogens is 2. The molecule has 0 aliphatic carbocycles. The summed E-state index contributed by atoms with van der Waals surface area (Å²) in [4.78, 5) is 11.4. The van der Waals surface area contributed by atoms with Gasteiger partial charge in [0.1, 0.15) is 22.3 Å². The molecule has 0 aliphatic heterocycles. The van der Waals surface area contributed by atoms with E-state index in [1.807, 2.05) is 19.1 Å². The van der Waals surface area contributed by atoms with Crippen molar-refractivity contribution >= 4 is 55.6 Å². The van der Waals surface area contributed by atoms with Gasteiger partial charge in [0.15, 0.2) is 0 Å². The van der Waals surface area contributed by atoms with Gasteiger partial charge in [-0.1, -0.05) is 12.1 Å². The molecule has 136 valence electrons. The molecule has 1 N–H and O–H groups in total. The number of thiophene rings is 1. The average molecular weight is 489 g/mol. The van der Waals surface area contributed by atoms with Crippen LogP contribution in [0.25, 0.3) is 21.3 Å². The van der Waals surface area contributed by atoms with Gasteiger partial charge in [-0.3, -0.25) is 0 Å². The molecule has 0 atom stereocenters. The van der Waals surface area contributed by atoms with Crippen LogP contribution in [0.5, 0.6) is 0 Å². The SMILES string of the molecule is Cc1nc(Nc2ccc(I)cc2C)c2c(-c3ccc(F)cc3)c(C)sc2n1. The van der Waals surface area contributed by atoms with Crippen LogP contribution < -0.4 is 5.32 Å². The summed E-state index contributed by atoms with van der Waals surface area (Å²) >= 11 is 3.95. The van der Waals surface area contributed by atoms with Crippen LogP contribution in [-0.4, -0.2) is 9.97 Å². The Morgan fingerprint density at radius 2 is 1.74 bits per heavy atom. The van der Waals surface area contributed by atoms with E-state index in [0.29, 0.717) is 0 Å². The molecule has 27 heavy (non-hydrogen) atoms. The van der Waals surface area contributed by atoms with Crippen molar-refractivity contribution in [2.45, 2.75) is 20.8 Å². The summed E-state index contributed by atoms with van der Waals surface area (Å²) in [6, 6.07) is 12.9. The number of hydrogen-bond donors (Lipinski definition) is 1. The van der Waals surface area contributed by atoms with Gasteiger partial charge in [-0.25, -0.2) is 14.4 Å². The third kappa shape index (κ3) is 3.55. The summed E-state index contributed by atoms with van der Waals surface area (Å²) < 4.78 is 14.6. The second kappa shape index (κ2) is 7.16. The molecule has 6 heteroatoms. The molecule has 0 saturated carbocycles. The minimum Gasteiger partial charge on any atom is -0.339 e. The second-order valence-corrected chi connectivity index (χ2v) is 8.87. The van der Waals surface area contributed by atoms with Crippen molar-refractivity contribution in [2.75, 3.05) is 5.32 Å². The number of fused-ring (bicyclic) bond motifs is 1. The first-order chi connectivity index (χ1) is 12.9. The standard InChI is InChI=1S/C21H17FIN3S/c1-11-10-16(23)8-9-17(11)26-20-19-18(14-4-6-15(22)7-5-14)12(2)27-21(19)25-13(3)24-20/h4-10H,1-3H3,(H,24,25,26). The summed E-state index contributed by atoms with van der Waals surface area (Å²) in [5.74, 6) is 1.27. The summed E-state index contributed by atoms with van der Waals surface area (Å²) in [5, 5.41) is 4.48. The Morgan fingerprint density at radius 1 is 1.00 bits per heavy atom. The van der Waals surface area contributed by atoms with Crippen LogP contribution in [0.15, 0.2) is 42.5 Å². The van der Waals surface area contributed by atoms with Gasteiger partial charge in [0.05, 0.1) is 5.39 Å². The van der Waals surface area contributed by atoms with Crippen LogP contribution in [0.2, 0.25) is 0 Å². The summed E-state index contributed by atoms with van der Waals surface area (Å²) in [6.45, 7) is 6.05. The van der Waals surface area contributed by atoms with Gasteiger partial charge in [-0.2, -0.15) is 0 Å². The number of hydrogen-bond acceptors (Lipinski definition) is 4. The van der Waals surface area contributed by atoms with Crippen LogP contribution in [0.3, 0.4) is 0 Å². The lowest BCUT2D eigenvalue weighted by atomic mass is 10.0. The molecule has 4 aromatic rings. The van der Waals surface area contributed by atoms with Crippen molar-refractivity contribution in [3.05, 3.63) is 68.1 Å². The first-order valence-electron chi connectivity index (χ1n) is 8.49. The van der Waals surface area contributed by atoms with Crippen molar-refractivity contribution < 1.29 is 4.39 Å². The van der Waals surface area contributed by atoms with Gasteiger partial charge in [-0.15, -0.1) is 11.3 Å². The van der Waals surface area contributed by atoms with Crippen LogP contribution in [0.1, 0.15) is 16.3 Å². The number of benzene rings is 2. The molecule has 0 saturated heterocycles. The Balaban J connectivity index is 1.93. The maximum Gasteiger partial charge on any atom is 0.143 e. The molecule has 0 unspecified atom stereocenters. The lowest BCUT2D eigenvalue weighted by Crippen LogP contribution is -2.00. The van der Waals surface area contributed by atoms with Crippen molar-refractivity contribution in [1.82, 2.24) is 9.97 Å². The molecule has 0 bridgehead atoms. The first kappa shape index (κ1) is 18.3. The highest BCUT2D eigenvalue weighted by Crippen LogP contribution is 2.41. The highest BCUT2D eigenvalue weighted by Gasteiger charge is 2.18. The summed E-state index contributed by atoms with van der Waals surface area (Å²) in [6.07, 6.45) is 0. The molecular formula is C21H17FIN3S. The largest absolute Gasteiger partial charge is 0.339 e. The van der Waals surface area contributed by atoms with E-state index in [1.165, 1.54) is 15.7 Å². The Hall–Kier alpha value is -2.06. The lowest BCUT2D eigenvalue weighted by Gasteiger charge is -2.12. The smallest absolute Gasteiger partial charge is 0.143 e. The number of anilines is 2. The van der Waals surface area contributed by atoms with Gasteiger partial charge in [-0.05, 0) is 84.8 Å². The quantitative estimate of drug-likeness (QED) is 0.323. The highest BCUT2D eigenvalue weighted by atomic mass is 127. The Kier molecular flexibility index (Phi) is 4.86. The molecule has 0 fully saturated rings. The predicted octanol–water partition coefficient (Wildman–Crippen LogP) is 6.77. The molecule has 0 aliphatic rings. The summed E-state index contributed by atoms with van der Waals surface area (Å²) in [5.41, 5.74) is 4.20. The Bertz CT molecular complexity index is 1150. The second-order valence-electron chi connectivity index (χ2n) is 6.42. The fourth-order valence-corrected chi connectivity index (χ4v) is 4.91. The minimum atomic E-state index is -0.240. The summed E-state index contributed by atoms with van der Waals surface area (Å²) in [7, 11) is 0. The van der Waals surface area contributed by atoms with Crippen molar-refractivity contribution in [3.63, 3.8) is 0 Å². The molecule has 2 aromatic heterocycles. The van der Waals surface area contributed by atoms with E-state index in [0.717, 1.165) is 49.1 Å². The number of rotatable bonds is 3. The lowest BCUT2D eigenvalue weighted by molar-refractivity contribution is 0.628. The molecule has 3 nitrogen and oxygen atoms in total. The van der Waals surface area contributed by atoms with Gasteiger partial charge in [0, 0.05) is 19.7 Å². The number of aryl methyl sites for hydroxylation is 3. The molecule has 0 radical (unpaired) electrons. The normalized spacial score (nSPS) is 11.1. The number of nitrogens with one attached hydrogen (secondary N) is 1. The average Bonchev–Trinajstić information content (AvgIpc) is 2.94. The number of nitrogens with zero attached hydrogens (tertiary/aromatic N) is 2. The molecule has 0 amide bonds. The molecule has 0 spiro atoms. The van der Waals surface area contributed by atoms with Crippen LogP contribution >= 0.6 is 33.9 Å². The third-order valence-electron chi connectivity index (χ3n) is 4.41. The zero-order valence-corrected chi connectivity index (χ0v) is 18.1. The first-order valence-corrected chi connectivity index (χ1v) is 10.4. The predicted molar refractivity (Wildman–Crippen MR) is 119 cm³/mol. The zero-order chi connectivity index (χ0) is 19.1. The maximum absolute atomic E-state index is 13.4. The van der Waals surface area contributed by atoms with Crippen molar-refractivity contribution in [1.29, 1.82) is 0 Å².